The van der Waals surface area contributed by atoms with Crippen LogP contribution in [-0.4, -0.2) is 6.54 Å². The minimum Gasteiger partial charge on any atom is -0.310 e. The lowest BCUT2D eigenvalue weighted by Crippen LogP contribution is -2.26. The molecule has 1 atom stereocenters. The highest BCUT2D eigenvalue weighted by Gasteiger charge is 2.21. The van der Waals surface area contributed by atoms with Crippen molar-refractivity contribution in [1.82, 2.24) is 5.32 Å². The van der Waals surface area contributed by atoms with Crippen LogP contribution in [-0.2, 0) is 12.8 Å². The summed E-state index contributed by atoms with van der Waals surface area (Å²) in [6.07, 6.45) is 5.00. The fourth-order valence-corrected chi connectivity index (χ4v) is 5.09. The number of hydrogen-bond acceptors (Lipinski definition) is 3. The van der Waals surface area contributed by atoms with Gasteiger partial charge in [-0.15, -0.1) is 22.7 Å². The summed E-state index contributed by atoms with van der Waals surface area (Å²) >= 11 is 7.37. The number of aryl methyl sites for hydroxylation is 1. The van der Waals surface area contributed by atoms with Crippen LogP contribution < -0.4 is 5.32 Å². The normalized spacial score (nSPS) is 18.8. The third-order valence-electron chi connectivity index (χ3n) is 3.43. The lowest BCUT2D eigenvalue weighted by Gasteiger charge is -2.23. The van der Waals surface area contributed by atoms with Gasteiger partial charge in [0, 0.05) is 22.3 Å². The van der Waals surface area contributed by atoms with E-state index >= 15 is 0 Å². The van der Waals surface area contributed by atoms with Crippen molar-refractivity contribution in [2.24, 2.45) is 0 Å². The van der Waals surface area contributed by atoms with Crippen molar-refractivity contribution in [1.29, 1.82) is 0 Å². The van der Waals surface area contributed by atoms with Gasteiger partial charge >= 0.3 is 0 Å². The van der Waals surface area contributed by atoms with Gasteiger partial charge < -0.3 is 5.32 Å². The summed E-state index contributed by atoms with van der Waals surface area (Å²) in [5.41, 5.74) is 1.53. The van der Waals surface area contributed by atoms with E-state index in [0.29, 0.717) is 6.04 Å². The van der Waals surface area contributed by atoms with Gasteiger partial charge in [-0.1, -0.05) is 6.07 Å². The van der Waals surface area contributed by atoms with Crippen LogP contribution in [0.2, 0.25) is 0 Å². The number of nitrogens with one attached hydrogen (secondary N) is 1. The second kappa shape index (κ2) is 5.87. The lowest BCUT2D eigenvalue weighted by atomic mass is 9.94. The smallest absolute Gasteiger partial charge is 0.0704 e. The third kappa shape index (κ3) is 2.87. The van der Waals surface area contributed by atoms with E-state index in [1.807, 2.05) is 22.7 Å². The molecule has 4 heteroatoms. The van der Waals surface area contributed by atoms with Gasteiger partial charge in [-0.05, 0) is 64.7 Å². The zero-order valence-corrected chi connectivity index (χ0v) is 13.3. The quantitative estimate of drug-likeness (QED) is 0.843. The zero-order chi connectivity index (χ0) is 12.4. The van der Waals surface area contributed by atoms with Crippen molar-refractivity contribution in [2.45, 2.75) is 31.7 Å². The minimum atomic E-state index is 0.566. The molecule has 0 fully saturated rings. The largest absolute Gasteiger partial charge is 0.310 e. The van der Waals surface area contributed by atoms with Gasteiger partial charge in [0.1, 0.15) is 0 Å². The van der Waals surface area contributed by atoms with E-state index < -0.39 is 0 Å². The fourth-order valence-electron chi connectivity index (χ4n) is 2.56. The maximum absolute atomic E-state index is 3.72. The first-order valence-electron chi connectivity index (χ1n) is 6.37. The average molecular weight is 342 g/mol. The number of rotatable bonds is 4. The van der Waals surface area contributed by atoms with Gasteiger partial charge in [-0.2, -0.15) is 0 Å². The highest BCUT2D eigenvalue weighted by molar-refractivity contribution is 9.11. The van der Waals surface area contributed by atoms with Crippen LogP contribution in [0.1, 0.15) is 34.2 Å². The lowest BCUT2D eigenvalue weighted by molar-refractivity contribution is 0.467. The molecule has 0 bridgehead atoms. The van der Waals surface area contributed by atoms with E-state index in [1.54, 1.807) is 4.88 Å². The molecule has 1 N–H and O–H groups in total. The Bertz CT molecular complexity index is 504. The summed E-state index contributed by atoms with van der Waals surface area (Å²) in [7, 11) is 0. The molecule has 1 unspecified atom stereocenters. The van der Waals surface area contributed by atoms with Crippen LogP contribution in [0.3, 0.4) is 0 Å². The summed E-state index contributed by atoms with van der Waals surface area (Å²) in [5.74, 6) is 0. The predicted octanol–water partition coefficient (Wildman–Crippen LogP) is 4.78. The molecule has 0 spiro atoms. The molecule has 18 heavy (non-hydrogen) atoms. The first kappa shape index (κ1) is 12.9. The fraction of sp³-hybridized carbons (Fsp3) is 0.429. The summed E-state index contributed by atoms with van der Waals surface area (Å²) < 4.78 is 1.28. The van der Waals surface area contributed by atoms with Crippen molar-refractivity contribution in [3.05, 3.63) is 42.7 Å². The first-order chi connectivity index (χ1) is 8.83. The van der Waals surface area contributed by atoms with Gasteiger partial charge in [0.15, 0.2) is 0 Å². The Kier molecular flexibility index (Phi) is 4.19. The summed E-state index contributed by atoms with van der Waals surface area (Å²) in [6, 6.07) is 7.23. The molecule has 0 amide bonds. The van der Waals surface area contributed by atoms with Gasteiger partial charge in [0.05, 0.1) is 3.79 Å². The molecule has 2 aromatic heterocycles. The minimum absolute atomic E-state index is 0.566. The molecule has 1 aliphatic rings. The van der Waals surface area contributed by atoms with Crippen molar-refractivity contribution >= 4 is 38.6 Å². The average Bonchev–Trinajstić information content (AvgIpc) is 2.97. The summed E-state index contributed by atoms with van der Waals surface area (Å²) in [4.78, 5) is 3.05. The monoisotopic (exact) mass is 341 g/mol. The topological polar surface area (TPSA) is 12.0 Å². The predicted molar refractivity (Wildman–Crippen MR) is 83.7 cm³/mol. The maximum atomic E-state index is 3.72. The molecule has 0 radical (unpaired) electrons. The molecule has 0 saturated heterocycles. The second-order valence-electron chi connectivity index (χ2n) is 4.66. The second-order valence-corrected chi connectivity index (χ2v) is 8.21. The maximum Gasteiger partial charge on any atom is 0.0704 e. The molecular weight excluding hydrogens is 326 g/mol. The third-order valence-corrected chi connectivity index (χ3v) is 6.08. The zero-order valence-electron chi connectivity index (χ0n) is 10.1. The van der Waals surface area contributed by atoms with Crippen LogP contribution in [0, 0.1) is 0 Å². The highest BCUT2D eigenvalue weighted by Crippen LogP contribution is 2.37. The molecule has 1 aliphatic carbocycles. The molecule has 1 nitrogen and oxygen atoms in total. The van der Waals surface area contributed by atoms with E-state index in [-0.39, 0.29) is 0 Å². The Morgan fingerprint density at radius 3 is 3.22 bits per heavy atom. The van der Waals surface area contributed by atoms with E-state index in [0.717, 1.165) is 13.0 Å². The number of thiophene rings is 2. The van der Waals surface area contributed by atoms with Crippen molar-refractivity contribution in [3.63, 3.8) is 0 Å². The Hall–Kier alpha value is -0.160. The first-order valence-corrected chi connectivity index (χ1v) is 8.86. The number of fused-ring (bicyclic) bond motifs is 1. The van der Waals surface area contributed by atoms with Gasteiger partial charge in [-0.25, -0.2) is 0 Å². The van der Waals surface area contributed by atoms with E-state index in [4.69, 9.17) is 0 Å². The van der Waals surface area contributed by atoms with Gasteiger partial charge in [0.25, 0.3) is 0 Å². The molecule has 0 aromatic carbocycles. The Morgan fingerprint density at radius 2 is 2.39 bits per heavy atom. The molecule has 2 aromatic rings. The SMILES string of the molecule is Brc1cc2c(s1)CCCC2NCCc1cccs1. The summed E-state index contributed by atoms with van der Waals surface area (Å²) in [6.45, 7) is 1.08. The van der Waals surface area contributed by atoms with E-state index in [9.17, 15) is 0 Å². The Morgan fingerprint density at radius 1 is 1.44 bits per heavy atom. The van der Waals surface area contributed by atoms with Crippen LogP contribution in [0.4, 0.5) is 0 Å². The van der Waals surface area contributed by atoms with Crippen molar-refractivity contribution < 1.29 is 0 Å². The molecular formula is C14H16BrNS2. The van der Waals surface area contributed by atoms with Crippen molar-refractivity contribution in [2.75, 3.05) is 6.54 Å². The van der Waals surface area contributed by atoms with E-state index in [2.05, 4.69) is 44.8 Å². The summed E-state index contributed by atoms with van der Waals surface area (Å²) in [5, 5.41) is 5.88. The van der Waals surface area contributed by atoms with Gasteiger partial charge in [-0.3, -0.25) is 0 Å². The van der Waals surface area contributed by atoms with Crippen LogP contribution >= 0.6 is 38.6 Å². The molecule has 0 aliphatic heterocycles. The highest BCUT2D eigenvalue weighted by atomic mass is 79.9. The number of halogens is 1. The van der Waals surface area contributed by atoms with Gasteiger partial charge in [0.2, 0.25) is 0 Å². The molecule has 96 valence electrons. The van der Waals surface area contributed by atoms with Crippen LogP contribution in [0.25, 0.3) is 0 Å². The van der Waals surface area contributed by atoms with Crippen LogP contribution in [0.15, 0.2) is 27.4 Å². The standard InChI is InChI=1S/C14H16BrNS2/c15-14-9-11-12(4-1-5-13(11)18-14)16-7-6-10-3-2-8-17-10/h2-3,8-9,12,16H,1,4-7H2. The molecule has 0 saturated carbocycles. The molecule has 2 heterocycles. The van der Waals surface area contributed by atoms with E-state index in [1.165, 1.54) is 33.5 Å². The Balaban J connectivity index is 1.60. The number of hydrogen-bond donors (Lipinski definition) is 1. The van der Waals surface area contributed by atoms with Crippen LogP contribution in [0.5, 0.6) is 0 Å². The van der Waals surface area contributed by atoms with Crippen molar-refractivity contribution in [3.8, 4) is 0 Å². The Labute approximate surface area is 124 Å². The molecule has 3 rings (SSSR count).